The predicted molar refractivity (Wildman–Crippen MR) is 85.3 cm³/mol. The van der Waals surface area contributed by atoms with Gasteiger partial charge in [-0.15, -0.1) is 0 Å². The van der Waals surface area contributed by atoms with E-state index in [4.69, 9.17) is 0 Å². The Balaban J connectivity index is 0. The smallest absolute Gasteiger partial charge is 0.0271 e. The van der Waals surface area contributed by atoms with Crippen molar-refractivity contribution in [3.8, 4) is 0 Å². The average molecular weight is 254 g/mol. The molecular formula is C16H30S. The fraction of sp³-hybridized carbons (Fsp3) is 0.625. The Kier molecular flexibility index (Phi) is 10.7. The van der Waals surface area contributed by atoms with Gasteiger partial charge in [-0.1, -0.05) is 65.8 Å². The molecule has 1 aromatic rings. The van der Waals surface area contributed by atoms with E-state index >= 15 is 0 Å². The highest BCUT2D eigenvalue weighted by atomic mass is 32.1. The highest BCUT2D eigenvalue weighted by Crippen LogP contribution is 2.22. The van der Waals surface area contributed by atoms with E-state index in [1.54, 1.807) is 0 Å². The number of rotatable bonds is 3. The first-order chi connectivity index (χ1) is 7.53. The molecule has 0 amide bonds. The molecule has 0 aliphatic rings. The first kappa shape index (κ1) is 18.9. The summed E-state index contributed by atoms with van der Waals surface area (Å²) < 4.78 is 0. The monoisotopic (exact) mass is 254 g/mol. The molecule has 0 aliphatic heterocycles. The van der Waals surface area contributed by atoms with Crippen LogP contribution in [0, 0.1) is 5.41 Å². The molecule has 0 atom stereocenters. The van der Waals surface area contributed by atoms with Crippen molar-refractivity contribution in [2.45, 2.75) is 60.8 Å². The van der Waals surface area contributed by atoms with E-state index in [1.165, 1.54) is 24.0 Å². The average Bonchev–Trinajstić information content (AvgIpc) is 2.28. The Hall–Kier alpha value is -0.430. The summed E-state index contributed by atoms with van der Waals surface area (Å²) in [6.45, 7) is 13.2. The van der Waals surface area contributed by atoms with Gasteiger partial charge in [-0.2, -0.15) is 13.5 Å². The maximum Gasteiger partial charge on any atom is -0.0271 e. The van der Waals surface area contributed by atoms with Crippen LogP contribution in [0.3, 0.4) is 0 Å². The summed E-state index contributed by atoms with van der Waals surface area (Å²) in [5, 5.41) is 0. The molecule has 1 rings (SSSR count). The van der Waals surface area contributed by atoms with Crippen LogP contribution in [0.2, 0.25) is 0 Å². The van der Waals surface area contributed by atoms with Gasteiger partial charge in [-0.3, -0.25) is 0 Å². The largest absolute Gasteiger partial charge is 0.197 e. The predicted octanol–water partition coefficient (Wildman–Crippen LogP) is 5.37. The highest BCUT2D eigenvalue weighted by molar-refractivity contribution is 7.59. The lowest BCUT2D eigenvalue weighted by atomic mass is 9.87. The van der Waals surface area contributed by atoms with Crippen LogP contribution in [0.5, 0.6) is 0 Å². The van der Waals surface area contributed by atoms with Gasteiger partial charge < -0.3 is 0 Å². The van der Waals surface area contributed by atoms with Crippen LogP contribution in [0.4, 0.5) is 0 Å². The lowest BCUT2D eigenvalue weighted by Crippen LogP contribution is -2.07. The zero-order valence-corrected chi connectivity index (χ0v) is 13.4. The van der Waals surface area contributed by atoms with E-state index in [0.717, 1.165) is 6.42 Å². The van der Waals surface area contributed by atoms with Crippen molar-refractivity contribution in [3.05, 3.63) is 35.4 Å². The van der Waals surface area contributed by atoms with Crippen molar-refractivity contribution in [2.24, 2.45) is 5.41 Å². The Morgan fingerprint density at radius 3 is 1.82 bits per heavy atom. The van der Waals surface area contributed by atoms with E-state index in [1.807, 2.05) is 13.8 Å². The van der Waals surface area contributed by atoms with Crippen LogP contribution < -0.4 is 0 Å². The molecule has 0 unspecified atom stereocenters. The van der Waals surface area contributed by atoms with Crippen LogP contribution in [0.1, 0.15) is 59.1 Å². The van der Waals surface area contributed by atoms with Gasteiger partial charge in [0.2, 0.25) is 0 Å². The first-order valence-electron chi connectivity index (χ1n) is 6.60. The highest BCUT2D eigenvalue weighted by Gasteiger charge is 2.10. The lowest BCUT2D eigenvalue weighted by molar-refractivity contribution is 0.378. The van der Waals surface area contributed by atoms with Crippen molar-refractivity contribution >= 4 is 13.5 Å². The fourth-order valence-corrected chi connectivity index (χ4v) is 1.66. The maximum atomic E-state index is 2.31. The van der Waals surface area contributed by atoms with Crippen molar-refractivity contribution in [1.29, 1.82) is 0 Å². The second-order valence-corrected chi connectivity index (χ2v) is 5.18. The van der Waals surface area contributed by atoms with Crippen LogP contribution in [0.25, 0.3) is 0 Å². The van der Waals surface area contributed by atoms with Gasteiger partial charge in [0, 0.05) is 0 Å². The molecule has 0 spiro atoms. The van der Waals surface area contributed by atoms with Crippen molar-refractivity contribution < 1.29 is 0 Å². The second kappa shape index (κ2) is 9.58. The Labute approximate surface area is 115 Å². The second-order valence-electron chi connectivity index (χ2n) is 5.18. The number of hydrogen-bond acceptors (Lipinski definition) is 0. The zero-order valence-electron chi connectivity index (χ0n) is 12.4. The maximum absolute atomic E-state index is 2.31. The molecule has 0 aromatic heterocycles. The minimum Gasteiger partial charge on any atom is -0.197 e. The minimum atomic E-state index is 0. The van der Waals surface area contributed by atoms with Gasteiger partial charge in [-0.05, 0) is 35.8 Å². The number of benzene rings is 1. The summed E-state index contributed by atoms with van der Waals surface area (Å²) >= 11 is 0. The third-order valence-corrected chi connectivity index (χ3v) is 2.64. The molecule has 0 radical (unpaired) electrons. The molecule has 100 valence electrons. The van der Waals surface area contributed by atoms with Gasteiger partial charge in [0.15, 0.2) is 0 Å². The van der Waals surface area contributed by atoms with E-state index < -0.39 is 0 Å². The molecule has 0 saturated carbocycles. The summed E-state index contributed by atoms with van der Waals surface area (Å²) in [5.74, 6) is 0. The molecule has 0 heterocycles. The minimum absolute atomic E-state index is 0. The third kappa shape index (κ3) is 8.31. The third-order valence-electron chi connectivity index (χ3n) is 2.64. The van der Waals surface area contributed by atoms with Gasteiger partial charge >= 0.3 is 0 Å². The van der Waals surface area contributed by atoms with Crippen LogP contribution in [0.15, 0.2) is 24.3 Å². The Morgan fingerprint density at radius 2 is 1.41 bits per heavy atom. The SMILES string of the molecule is CC.CCc1ccccc1CCC(C)(C)C.S. The van der Waals surface area contributed by atoms with Crippen LogP contribution >= 0.6 is 13.5 Å². The summed E-state index contributed by atoms with van der Waals surface area (Å²) in [4.78, 5) is 0. The van der Waals surface area contributed by atoms with Gasteiger partial charge in [0.25, 0.3) is 0 Å². The lowest BCUT2D eigenvalue weighted by Gasteiger charge is -2.18. The van der Waals surface area contributed by atoms with Gasteiger partial charge in [0.05, 0.1) is 0 Å². The van der Waals surface area contributed by atoms with Crippen molar-refractivity contribution in [1.82, 2.24) is 0 Å². The van der Waals surface area contributed by atoms with Crippen molar-refractivity contribution in [3.63, 3.8) is 0 Å². The van der Waals surface area contributed by atoms with Crippen LogP contribution in [-0.4, -0.2) is 0 Å². The first-order valence-corrected chi connectivity index (χ1v) is 6.60. The van der Waals surface area contributed by atoms with Gasteiger partial charge in [-0.25, -0.2) is 0 Å². The van der Waals surface area contributed by atoms with Gasteiger partial charge in [0.1, 0.15) is 0 Å². The molecule has 1 aromatic carbocycles. The zero-order chi connectivity index (χ0) is 12.6. The molecular weight excluding hydrogens is 224 g/mol. The molecule has 0 fully saturated rings. The molecule has 0 nitrogen and oxygen atoms in total. The quantitative estimate of drug-likeness (QED) is 0.680. The topological polar surface area (TPSA) is 0 Å². The molecule has 0 N–H and O–H groups in total. The number of hydrogen-bond donors (Lipinski definition) is 0. The molecule has 0 bridgehead atoms. The molecule has 17 heavy (non-hydrogen) atoms. The number of aryl methyl sites for hydroxylation is 2. The normalized spacial score (nSPS) is 10.0. The van der Waals surface area contributed by atoms with Crippen molar-refractivity contribution in [2.75, 3.05) is 0 Å². The molecule has 1 heteroatoms. The fourth-order valence-electron chi connectivity index (χ4n) is 1.66. The summed E-state index contributed by atoms with van der Waals surface area (Å²) in [5.41, 5.74) is 3.49. The van der Waals surface area contributed by atoms with E-state index in [9.17, 15) is 0 Å². The summed E-state index contributed by atoms with van der Waals surface area (Å²) in [7, 11) is 0. The molecule has 0 aliphatic carbocycles. The molecule has 0 saturated heterocycles. The van der Waals surface area contributed by atoms with E-state index in [2.05, 4.69) is 52.0 Å². The van der Waals surface area contributed by atoms with E-state index in [-0.39, 0.29) is 13.5 Å². The summed E-state index contributed by atoms with van der Waals surface area (Å²) in [6, 6.07) is 8.80. The standard InChI is InChI=1S/C14H22.C2H6.H2S/c1-5-12-8-6-7-9-13(12)10-11-14(2,3)4;1-2;/h6-9H,5,10-11H2,1-4H3;1-2H3;1H2. The Bertz CT molecular complexity index is 284. The Morgan fingerprint density at radius 1 is 0.941 bits per heavy atom. The summed E-state index contributed by atoms with van der Waals surface area (Å²) in [6.07, 6.45) is 3.64. The van der Waals surface area contributed by atoms with E-state index in [0.29, 0.717) is 5.41 Å². The van der Waals surface area contributed by atoms with Crippen LogP contribution in [-0.2, 0) is 12.8 Å².